The molecule has 1 aromatic heterocycles. The van der Waals surface area contributed by atoms with Crippen LogP contribution in [0, 0.1) is 23.7 Å². The summed E-state index contributed by atoms with van der Waals surface area (Å²) in [6.07, 6.45) is 4.35. The molecule has 2 aliphatic rings. The van der Waals surface area contributed by atoms with Gasteiger partial charge in [0.15, 0.2) is 0 Å². The fourth-order valence-electron chi connectivity index (χ4n) is 4.39. The molecule has 2 bridgehead atoms. The van der Waals surface area contributed by atoms with E-state index >= 15 is 0 Å². The molecule has 2 saturated carbocycles. The topological polar surface area (TPSA) is 92.7 Å². The van der Waals surface area contributed by atoms with Gasteiger partial charge in [-0.15, -0.1) is 11.3 Å². The van der Waals surface area contributed by atoms with Crippen LogP contribution in [0.1, 0.15) is 47.8 Å². The standard InChI is InChI=1S/C18H23NO5S/c1-3-4-11-8-12(18(23)24-2)16(25-11)19-15(20)13-9-5-6-10(7-9)14(13)17(21)22/h8-10,13-14H,3-7H2,1-2H3,(H,19,20)(H,21,22). The van der Waals surface area contributed by atoms with E-state index < -0.39 is 23.8 Å². The van der Waals surface area contributed by atoms with Gasteiger partial charge in [-0.1, -0.05) is 13.3 Å². The predicted octanol–water partition coefficient (Wildman–Crippen LogP) is 3.17. The number of carboxylic acids is 1. The number of carbonyl (C=O) groups is 3. The molecule has 1 heterocycles. The van der Waals surface area contributed by atoms with Crippen LogP contribution in [0.4, 0.5) is 5.00 Å². The molecular weight excluding hydrogens is 342 g/mol. The smallest absolute Gasteiger partial charge is 0.340 e. The second-order valence-corrected chi connectivity index (χ2v) is 8.05. The van der Waals surface area contributed by atoms with Gasteiger partial charge >= 0.3 is 11.9 Å². The Morgan fingerprint density at radius 2 is 1.96 bits per heavy atom. The number of thiophene rings is 1. The third-order valence-electron chi connectivity index (χ3n) is 5.43. The van der Waals surface area contributed by atoms with Gasteiger partial charge in [-0.25, -0.2) is 4.79 Å². The molecule has 1 amide bonds. The number of ether oxygens (including phenoxy) is 1. The van der Waals surface area contributed by atoms with Crippen LogP contribution in [-0.2, 0) is 20.7 Å². The van der Waals surface area contributed by atoms with E-state index in [1.807, 2.05) is 6.92 Å². The predicted molar refractivity (Wildman–Crippen MR) is 93.7 cm³/mol. The summed E-state index contributed by atoms with van der Waals surface area (Å²) in [5.74, 6) is -2.57. The van der Waals surface area contributed by atoms with Gasteiger partial charge in [-0.3, -0.25) is 9.59 Å². The first-order valence-corrected chi connectivity index (χ1v) is 9.52. The highest BCUT2D eigenvalue weighted by Crippen LogP contribution is 2.52. The number of methoxy groups -OCH3 is 1. The summed E-state index contributed by atoms with van der Waals surface area (Å²) >= 11 is 1.36. The van der Waals surface area contributed by atoms with Crippen LogP contribution in [0.3, 0.4) is 0 Å². The molecule has 136 valence electrons. The van der Waals surface area contributed by atoms with Crippen molar-refractivity contribution in [2.45, 2.75) is 39.0 Å². The monoisotopic (exact) mass is 365 g/mol. The van der Waals surface area contributed by atoms with Gasteiger partial charge in [0.25, 0.3) is 0 Å². The first-order valence-electron chi connectivity index (χ1n) is 8.70. The Labute approximate surface area is 150 Å². The minimum Gasteiger partial charge on any atom is -0.481 e. The fourth-order valence-corrected chi connectivity index (χ4v) is 5.53. The van der Waals surface area contributed by atoms with Crippen LogP contribution >= 0.6 is 11.3 Å². The summed E-state index contributed by atoms with van der Waals surface area (Å²) < 4.78 is 4.81. The summed E-state index contributed by atoms with van der Waals surface area (Å²) in [6, 6.07) is 1.76. The van der Waals surface area contributed by atoms with Crippen molar-refractivity contribution >= 4 is 34.2 Å². The van der Waals surface area contributed by atoms with E-state index in [1.165, 1.54) is 18.4 Å². The number of carbonyl (C=O) groups excluding carboxylic acids is 2. The zero-order chi connectivity index (χ0) is 18.1. The molecule has 0 spiro atoms. The third kappa shape index (κ3) is 3.29. The first kappa shape index (κ1) is 17.9. The number of fused-ring (bicyclic) bond motifs is 2. The molecule has 1 aromatic rings. The van der Waals surface area contributed by atoms with E-state index in [4.69, 9.17) is 4.74 Å². The van der Waals surface area contributed by atoms with Crippen LogP contribution in [-0.4, -0.2) is 30.1 Å². The quantitative estimate of drug-likeness (QED) is 0.755. The lowest BCUT2D eigenvalue weighted by Gasteiger charge is -2.26. The second-order valence-electron chi connectivity index (χ2n) is 6.91. The van der Waals surface area contributed by atoms with E-state index in [2.05, 4.69) is 5.32 Å². The van der Waals surface area contributed by atoms with Crippen molar-refractivity contribution in [3.05, 3.63) is 16.5 Å². The van der Waals surface area contributed by atoms with Crippen LogP contribution in [0.5, 0.6) is 0 Å². The summed E-state index contributed by atoms with van der Waals surface area (Å²) in [6.45, 7) is 2.04. The molecule has 6 nitrogen and oxygen atoms in total. The average Bonchev–Trinajstić information content (AvgIpc) is 3.28. The Morgan fingerprint density at radius 3 is 2.56 bits per heavy atom. The number of anilines is 1. The normalized spacial score (nSPS) is 27.3. The number of esters is 1. The van der Waals surface area contributed by atoms with E-state index in [-0.39, 0.29) is 17.7 Å². The van der Waals surface area contributed by atoms with Gasteiger partial charge in [0, 0.05) is 4.88 Å². The van der Waals surface area contributed by atoms with Gasteiger partial charge in [0.2, 0.25) is 5.91 Å². The van der Waals surface area contributed by atoms with Crippen molar-refractivity contribution in [2.75, 3.05) is 12.4 Å². The van der Waals surface area contributed by atoms with Crippen molar-refractivity contribution in [3.8, 4) is 0 Å². The molecule has 0 radical (unpaired) electrons. The molecule has 0 aromatic carbocycles. The molecule has 2 fully saturated rings. The summed E-state index contributed by atoms with van der Waals surface area (Å²) in [5.41, 5.74) is 0.347. The lowest BCUT2D eigenvalue weighted by Crippen LogP contribution is -2.37. The summed E-state index contributed by atoms with van der Waals surface area (Å²) in [4.78, 5) is 37.4. The van der Waals surface area contributed by atoms with Gasteiger partial charge in [0.1, 0.15) is 5.00 Å². The molecule has 0 aliphatic heterocycles. The van der Waals surface area contributed by atoms with E-state index in [1.54, 1.807) is 6.07 Å². The van der Waals surface area contributed by atoms with Crippen molar-refractivity contribution in [3.63, 3.8) is 0 Å². The summed E-state index contributed by atoms with van der Waals surface area (Å²) in [7, 11) is 1.31. The number of nitrogens with one attached hydrogen (secondary N) is 1. The fraction of sp³-hybridized carbons (Fsp3) is 0.611. The van der Waals surface area contributed by atoms with E-state index in [0.29, 0.717) is 10.6 Å². The average molecular weight is 365 g/mol. The zero-order valence-electron chi connectivity index (χ0n) is 14.4. The van der Waals surface area contributed by atoms with Crippen LogP contribution in [0.2, 0.25) is 0 Å². The number of rotatable bonds is 6. The first-order chi connectivity index (χ1) is 12.0. The van der Waals surface area contributed by atoms with Gasteiger partial charge in [0.05, 0.1) is 24.5 Å². The Balaban J connectivity index is 1.83. The number of amides is 1. The SMILES string of the molecule is CCCc1cc(C(=O)OC)c(NC(=O)C2C3CCC(C3)C2C(=O)O)s1. The minimum absolute atomic E-state index is 0.0947. The Morgan fingerprint density at radius 1 is 1.28 bits per heavy atom. The van der Waals surface area contributed by atoms with E-state index in [0.717, 1.165) is 37.0 Å². The number of carboxylic acid groups (broad SMARTS) is 1. The molecule has 3 rings (SSSR count). The Hall–Kier alpha value is -1.89. The van der Waals surface area contributed by atoms with Crippen LogP contribution < -0.4 is 5.32 Å². The molecule has 2 N–H and O–H groups in total. The maximum Gasteiger partial charge on any atom is 0.340 e. The zero-order valence-corrected chi connectivity index (χ0v) is 15.2. The number of aliphatic carboxylic acids is 1. The van der Waals surface area contributed by atoms with Crippen LogP contribution in [0.15, 0.2) is 6.07 Å². The highest BCUT2D eigenvalue weighted by molar-refractivity contribution is 7.16. The maximum atomic E-state index is 12.8. The molecule has 2 aliphatic carbocycles. The van der Waals surface area contributed by atoms with Gasteiger partial charge in [-0.2, -0.15) is 0 Å². The molecule has 0 saturated heterocycles. The summed E-state index contributed by atoms with van der Waals surface area (Å²) in [5, 5.41) is 12.8. The van der Waals surface area contributed by atoms with Crippen molar-refractivity contribution in [2.24, 2.45) is 23.7 Å². The number of aryl methyl sites for hydroxylation is 1. The molecule has 4 unspecified atom stereocenters. The number of hydrogen-bond donors (Lipinski definition) is 2. The minimum atomic E-state index is -0.890. The Bertz CT molecular complexity index is 698. The maximum absolute atomic E-state index is 12.8. The van der Waals surface area contributed by atoms with Crippen molar-refractivity contribution in [1.82, 2.24) is 0 Å². The molecule has 25 heavy (non-hydrogen) atoms. The molecule has 4 atom stereocenters. The highest BCUT2D eigenvalue weighted by atomic mass is 32.1. The van der Waals surface area contributed by atoms with Crippen LogP contribution in [0.25, 0.3) is 0 Å². The number of hydrogen-bond acceptors (Lipinski definition) is 5. The van der Waals surface area contributed by atoms with Gasteiger partial charge < -0.3 is 15.2 Å². The van der Waals surface area contributed by atoms with E-state index in [9.17, 15) is 19.5 Å². The van der Waals surface area contributed by atoms with Crippen molar-refractivity contribution < 1.29 is 24.2 Å². The lowest BCUT2D eigenvalue weighted by molar-refractivity contribution is -0.148. The largest absolute Gasteiger partial charge is 0.481 e. The Kier molecular flexibility index (Phi) is 5.13. The van der Waals surface area contributed by atoms with Gasteiger partial charge in [-0.05, 0) is 43.6 Å². The third-order valence-corrected chi connectivity index (χ3v) is 6.54. The molecule has 7 heteroatoms. The second kappa shape index (κ2) is 7.15. The van der Waals surface area contributed by atoms with Crippen molar-refractivity contribution in [1.29, 1.82) is 0 Å². The molecular formula is C18H23NO5S. The lowest BCUT2D eigenvalue weighted by atomic mass is 9.79. The highest BCUT2D eigenvalue weighted by Gasteiger charge is 2.54.